The van der Waals surface area contributed by atoms with Gasteiger partial charge in [0.1, 0.15) is 13.2 Å². The molecule has 0 saturated heterocycles. The molecule has 0 heterocycles. The second kappa shape index (κ2) is 15.9. The number of esters is 2. The summed E-state index contributed by atoms with van der Waals surface area (Å²) in [6, 6.07) is 0. The Kier molecular flexibility index (Phi) is 15.0. The quantitative estimate of drug-likeness (QED) is 0.176. The van der Waals surface area contributed by atoms with Crippen LogP contribution in [0.25, 0.3) is 0 Å². The minimum absolute atomic E-state index is 0.334. The van der Waals surface area contributed by atoms with E-state index in [9.17, 15) is 9.59 Å². The fourth-order valence-corrected chi connectivity index (χ4v) is 2.41. The zero-order valence-electron chi connectivity index (χ0n) is 17.4. The van der Waals surface area contributed by atoms with Crippen LogP contribution in [0.1, 0.15) is 71.1 Å². The van der Waals surface area contributed by atoms with Gasteiger partial charge in [-0.1, -0.05) is 64.7 Å². The molecule has 0 aliphatic carbocycles. The summed E-state index contributed by atoms with van der Waals surface area (Å²) in [5.41, 5.74) is 0. The van der Waals surface area contributed by atoms with Gasteiger partial charge in [0.05, 0.1) is 27.7 Å². The number of ether oxygens (including phenoxy) is 2. The predicted molar refractivity (Wildman–Crippen MR) is 106 cm³/mol. The lowest BCUT2D eigenvalue weighted by Gasteiger charge is -2.23. The molecule has 0 fully saturated rings. The highest BCUT2D eigenvalue weighted by molar-refractivity contribution is 5.91. The molecule has 0 spiro atoms. The van der Waals surface area contributed by atoms with Crippen LogP contribution in [0, 0.1) is 0 Å². The van der Waals surface area contributed by atoms with E-state index in [1.165, 1.54) is 51.4 Å². The van der Waals surface area contributed by atoms with Crippen molar-refractivity contribution >= 4 is 11.9 Å². The first kappa shape index (κ1) is 24.6. The van der Waals surface area contributed by atoms with Crippen LogP contribution in [-0.4, -0.2) is 57.3 Å². The molecule has 0 amide bonds. The van der Waals surface area contributed by atoms with Gasteiger partial charge in [0.25, 0.3) is 0 Å². The summed E-state index contributed by atoms with van der Waals surface area (Å²) in [6.07, 6.45) is 14.7. The van der Waals surface area contributed by atoms with E-state index >= 15 is 0 Å². The summed E-state index contributed by atoms with van der Waals surface area (Å²) in [7, 11) is 6.07. The molecule has 5 nitrogen and oxygen atoms in total. The largest absolute Gasteiger partial charge is 0.463 e. The highest BCUT2D eigenvalue weighted by atomic mass is 16.5. The zero-order chi connectivity index (χ0) is 19.7. The van der Waals surface area contributed by atoms with Crippen LogP contribution in [0.4, 0.5) is 0 Å². The van der Waals surface area contributed by atoms with Crippen molar-refractivity contribution in [1.82, 2.24) is 0 Å². The van der Waals surface area contributed by atoms with Gasteiger partial charge in [-0.05, 0) is 6.42 Å². The average Bonchev–Trinajstić information content (AvgIpc) is 2.56. The Labute approximate surface area is 160 Å². The van der Waals surface area contributed by atoms with Gasteiger partial charge in [0, 0.05) is 12.2 Å². The van der Waals surface area contributed by atoms with Gasteiger partial charge >= 0.3 is 11.9 Å². The Hall–Kier alpha value is -1.36. The fourth-order valence-electron chi connectivity index (χ4n) is 2.41. The number of carbonyl (C=O) groups excluding carboxylic acids is 2. The van der Waals surface area contributed by atoms with Crippen LogP contribution >= 0.6 is 0 Å². The van der Waals surface area contributed by atoms with E-state index in [0.29, 0.717) is 13.2 Å². The van der Waals surface area contributed by atoms with E-state index in [0.717, 1.165) is 36.0 Å². The van der Waals surface area contributed by atoms with E-state index in [1.54, 1.807) is 0 Å². The SMILES string of the molecule is CCCCCCCCCCCCOC(=O)/C=C/C(=O)OCC[N+](C)(C)C. The number of carbonyl (C=O) groups is 2. The van der Waals surface area contributed by atoms with Gasteiger partial charge < -0.3 is 14.0 Å². The van der Waals surface area contributed by atoms with Gasteiger partial charge in [0.2, 0.25) is 0 Å². The molecular weight excluding hydrogens is 330 g/mol. The number of hydrogen-bond donors (Lipinski definition) is 0. The van der Waals surface area contributed by atoms with E-state index in [2.05, 4.69) is 6.92 Å². The highest BCUT2D eigenvalue weighted by Gasteiger charge is 2.08. The minimum Gasteiger partial charge on any atom is -0.463 e. The number of unbranched alkanes of at least 4 members (excludes halogenated alkanes) is 9. The molecule has 0 bridgehead atoms. The van der Waals surface area contributed by atoms with Crippen molar-refractivity contribution in [2.75, 3.05) is 40.9 Å². The smallest absolute Gasteiger partial charge is 0.331 e. The number of hydrogen-bond acceptors (Lipinski definition) is 4. The van der Waals surface area contributed by atoms with Crippen LogP contribution in [0.5, 0.6) is 0 Å². The van der Waals surface area contributed by atoms with Gasteiger partial charge in [-0.3, -0.25) is 0 Å². The number of quaternary nitrogens is 1. The Bertz CT molecular complexity index is 399. The molecule has 0 N–H and O–H groups in total. The van der Waals surface area contributed by atoms with E-state index in [1.807, 2.05) is 21.1 Å². The lowest BCUT2D eigenvalue weighted by Crippen LogP contribution is -2.37. The molecule has 0 aromatic carbocycles. The molecule has 152 valence electrons. The lowest BCUT2D eigenvalue weighted by molar-refractivity contribution is -0.870. The fraction of sp³-hybridized carbons (Fsp3) is 0.810. The van der Waals surface area contributed by atoms with Gasteiger partial charge in [-0.2, -0.15) is 0 Å². The van der Waals surface area contributed by atoms with Gasteiger partial charge in [-0.25, -0.2) is 9.59 Å². The summed E-state index contributed by atoms with van der Waals surface area (Å²) in [5, 5.41) is 0. The lowest BCUT2D eigenvalue weighted by atomic mass is 10.1. The molecule has 0 radical (unpaired) electrons. The Morgan fingerprint density at radius 1 is 0.692 bits per heavy atom. The second-order valence-electron chi connectivity index (χ2n) is 7.86. The summed E-state index contributed by atoms with van der Waals surface area (Å²) in [6.45, 7) is 3.71. The first-order valence-corrected chi connectivity index (χ1v) is 10.2. The van der Waals surface area contributed by atoms with Crippen molar-refractivity contribution in [3.8, 4) is 0 Å². The molecule has 0 aromatic heterocycles. The van der Waals surface area contributed by atoms with Crippen LogP contribution in [0.15, 0.2) is 12.2 Å². The first-order valence-electron chi connectivity index (χ1n) is 10.2. The van der Waals surface area contributed by atoms with Crippen molar-refractivity contribution in [3.05, 3.63) is 12.2 Å². The Balaban J connectivity index is 3.49. The molecule has 0 saturated carbocycles. The van der Waals surface area contributed by atoms with Crippen LogP contribution in [-0.2, 0) is 19.1 Å². The van der Waals surface area contributed by atoms with Gasteiger partial charge in [0.15, 0.2) is 0 Å². The molecule has 26 heavy (non-hydrogen) atoms. The predicted octanol–water partition coefficient (Wildman–Crippen LogP) is 4.26. The van der Waals surface area contributed by atoms with Crippen LogP contribution in [0.3, 0.4) is 0 Å². The van der Waals surface area contributed by atoms with E-state index < -0.39 is 11.9 Å². The first-order chi connectivity index (χ1) is 12.3. The molecule has 0 atom stereocenters. The standard InChI is InChI=1S/C21H40NO4/c1-5-6-7-8-9-10-11-12-13-14-18-25-20(23)15-16-21(24)26-19-17-22(2,3)4/h15-16H,5-14,17-19H2,1-4H3/q+1/b16-15+. The Morgan fingerprint density at radius 2 is 1.12 bits per heavy atom. The van der Waals surface area contributed by atoms with Crippen molar-refractivity contribution in [2.45, 2.75) is 71.1 Å². The summed E-state index contributed by atoms with van der Waals surface area (Å²) in [5.74, 6) is -0.987. The molecule has 0 unspecified atom stereocenters. The summed E-state index contributed by atoms with van der Waals surface area (Å²) in [4.78, 5) is 23.0. The second-order valence-corrected chi connectivity index (χ2v) is 7.86. The average molecular weight is 371 g/mol. The van der Waals surface area contributed by atoms with E-state index in [-0.39, 0.29) is 0 Å². The number of nitrogens with zero attached hydrogens (tertiary/aromatic N) is 1. The number of likely N-dealkylation sites (N-methyl/N-ethyl adjacent to an activating group) is 1. The monoisotopic (exact) mass is 370 g/mol. The third kappa shape index (κ3) is 19.0. The molecular formula is C21H40NO4+. The van der Waals surface area contributed by atoms with Crippen LogP contribution in [0.2, 0.25) is 0 Å². The maximum Gasteiger partial charge on any atom is 0.331 e. The zero-order valence-corrected chi connectivity index (χ0v) is 17.4. The minimum atomic E-state index is -0.505. The summed E-state index contributed by atoms with van der Waals surface area (Å²) >= 11 is 0. The third-order valence-electron chi connectivity index (χ3n) is 4.10. The number of rotatable bonds is 16. The highest BCUT2D eigenvalue weighted by Crippen LogP contribution is 2.10. The van der Waals surface area contributed by atoms with Crippen molar-refractivity contribution in [3.63, 3.8) is 0 Å². The maximum atomic E-state index is 11.5. The molecule has 0 rings (SSSR count). The Morgan fingerprint density at radius 3 is 1.58 bits per heavy atom. The third-order valence-corrected chi connectivity index (χ3v) is 4.10. The topological polar surface area (TPSA) is 52.6 Å². The normalized spacial score (nSPS) is 11.7. The maximum absolute atomic E-state index is 11.5. The summed E-state index contributed by atoms with van der Waals surface area (Å²) < 4.78 is 10.8. The molecule has 5 heteroatoms. The van der Waals surface area contributed by atoms with Crippen molar-refractivity contribution in [1.29, 1.82) is 0 Å². The van der Waals surface area contributed by atoms with Crippen molar-refractivity contribution in [2.24, 2.45) is 0 Å². The molecule has 0 aliphatic heterocycles. The van der Waals surface area contributed by atoms with E-state index in [4.69, 9.17) is 9.47 Å². The molecule has 0 aromatic rings. The van der Waals surface area contributed by atoms with Crippen LogP contribution < -0.4 is 0 Å². The van der Waals surface area contributed by atoms with Gasteiger partial charge in [-0.15, -0.1) is 0 Å². The molecule has 0 aliphatic rings. The van der Waals surface area contributed by atoms with Crippen molar-refractivity contribution < 1.29 is 23.5 Å².